The van der Waals surface area contributed by atoms with Crippen molar-refractivity contribution in [3.05, 3.63) is 0 Å². The van der Waals surface area contributed by atoms with Gasteiger partial charge in [-0.3, -0.25) is 4.79 Å². The molecule has 1 heterocycles. The molecule has 74 valence electrons. The largest absolute Gasteiger partial charge is 0.379 e. The first-order valence-electron chi connectivity index (χ1n) is 4.56. The molecular formula is C9H16N2O2. The Kier molecular flexibility index (Phi) is 3.42. The Balaban J connectivity index is 2.60. The average molecular weight is 184 g/mol. The summed E-state index contributed by atoms with van der Waals surface area (Å²) in [6.45, 7) is 4.50. The lowest BCUT2D eigenvalue weighted by Gasteiger charge is -2.18. The minimum atomic E-state index is 0.0846. The highest BCUT2D eigenvalue weighted by Crippen LogP contribution is 2.14. The number of amides is 1. The van der Waals surface area contributed by atoms with E-state index in [4.69, 9.17) is 4.74 Å². The topological polar surface area (TPSA) is 41.9 Å². The van der Waals surface area contributed by atoms with Crippen LogP contribution in [0.2, 0.25) is 0 Å². The van der Waals surface area contributed by atoms with Gasteiger partial charge in [-0.1, -0.05) is 6.92 Å². The highest BCUT2D eigenvalue weighted by molar-refractivity contribution is 6.05. The molecule has 1 amide bonds. The lowest BCUT2D eigenvalue weighted by atomic mass is 10.2. The first kappa shape index (κ1) is 10.2. The molecular weight excluding hydrogens is 168 g/mol. The molecule has 0 bridgehead atoms. The third-order valence-corrected chi connectivity index (χ3v) is 2.18. The molecule has 0 aromatic rings. The number of carbonyl (C=O) groups is 1. The molecule has 1 rings (SSSR count). The molecule has 0 aromatic heterocycles. The summed E-state index contributed by atoms with van der Waals surface area (Å²) < 4.78 is 4.93. The Morgan fingerprint density at radius 3 is 2.92 bits per heavy atom. The molecule has 0 saturated carbocycles. The van der Waals surface area contributed by atoms with Crippen LogP contribution in [0.25, 0.3) is 0 Å². The van der Waals surface area contributed by atoms with Gasteiger partial charge in [0.25, 0.3) is 0 Å². The van der Waals surface area contributed by atoms with Gasteiger partial charge in [-0.05, 0) is 13.3 Å². The van der Waals surface area contributed by atoms with Crippen molar-refractivity contribution >= 4 is 11.6 Å². The molecule has 0 N–H and O–H groups in total. The quantitative estimate of drug-likeness (QED) is 0.654. The molecule has 0 saturated heterocycles. The summed E-state index contributed by atoms with van der Waals surface area (Å²) in [5, 5.41) is 5.77. The number of hydrazone groups is 1. The van der Waals surface area contributed by atoms with Crippen molar-refractivity contribution in [3.63, 3.8) is 0 Å². The first-order chi connectivity index (χ1) is 6.19. The van der Waals surface area contributed by atoms with Crippen molar-refractivity contribution < 1.29 is 9.53 Å². The molecule has 0 spiro atoms. The van der Waals surface area contributed by atoms with Crippen molar-refractivity contribution in [2.45, 2.75) is 32.7 Å². The SMILES string of the molecule is CCC(C)N1N=C(COC)CC1=O. The van der Waals surface area contributed by atoms with Gasteiger partial charge in [-0.2, -0.15) is 5.10 Å². The van der Waals surface area contributed by atoms with Gasteiger partial charge in [-0.25, -0.2) is 5.01 Å². The van der Waals surface area contributed by atoms with E-state index in [1.807, 2.05) is 13.8 Å². The molecule has 0 aliphatic carbocycles. The fraction of sp³-hybridized carbons (Fsp3) is 0.778. The van der Waals surface area contributed by atoms with Crippen molar-refractivity contribution in [1.29, 1.82) is 0 Å². The van der Waals surface area contributed by atoms with Gasteiger partial charge >= 0.3 is 0 Å². The lowest BCUT2D eigenvalue weighted by Crippen LogP contribution is -2.29. The number of methoxy groups -OCH3 is 1. The minimum Gasteiger partial charge on any atom is -0.379 e. The molecule has 1 aliphatic heterocycles. The minimum absolute atomic E-state index is 0.0846. The van der Waals surface area contributed by atoms with Crippen molar-refractivity contribution in [1.82, 2.24) is 5.01 Å². The van der Waals surface area contributed by atoms with E-state index >= 15 is 0 Å². The summed E-state index contributed by atoms with van der Waals surface area (Å²) in [6.07, 6.45) is 1.34. The van der Waals surface area contributed by atoms with E-state index in [9.17, 15) is 4.79 Å². The first-order valence-corrected chi connectivity index (χ1v) is 4.56. The van der Waals surface area contributed by atoms with Gasteiger partial charge in [0.05, 0.1) is 24.8 Å². The summed E-state index contributed by atoms with van der Waals surface area (Å²) in [4.78, 5) is 11.4. The Hall–Kier alpha value is -0.900. The second-order valence-corrected chi connectivity index (χ2v) is 3.27. The maximum Gasteiger partial charge on any atom is 0.248 e. The van der Waals surface area contributed by atoms with E-state index < -0.39 is 0 Å². The zero-order valence-corrected chi connectivity index (χ0v) is 8.41. The number of nitrogens with zero attached hydrogens (tertiary/aromatic N) is 2. The van der Waals surface area contributed by atoms with Crippen LogP contribution in [-0.2, 0) is 9.53 Å². The van der Waals surface area contributed by atoms with E-state index in [1.165, 1.54) is 0 Å². The van der Waals surface area contributed by atoms with Gasteiger partial charge < -0.3 is 4.74 Å². The van der Waals surface area contributed by atoms with Crippen LogP contribution in [0, 0.1) is 0 Å². The van der Waals surface area contributed by atoms with Crippen LogP contribution in [0.4, 0.5) is 0 Å². The number of hydrogen-bond donors (Lipinski definition) is 0. The molecule has 0 fully saturated rings. The Morgan fingerprint density at radius 1 is 1.69 bits per heavy atom. The fourth-order valence-electron chi connectivity index (χ4n) is 1.26. The van der Waals surface area contributed by atoms with Gasteiger partial charge in [0.2, 0.25) is 5.91 Å². The molecule has 4 heteroatoms. The smallest absolute Gasteiger partial charge is 0.248 e. The maximum absolute atomic E-state index is 11.4. The summed E-state index contributed by atoms with van der Waals surface area (Å²) in [5.74, 6) is 0.0846. The van der Waals surface area contributed by atoms with E-state index in [2.05, 4.69) is 5.10 Å². The molecule has 1 atom stereocenters. The monoisotopic (exact) mass is 184 g/mol. The van der Waals surface area contributed by atoms with E-state index in [0.717, 1.165) is 12.1 Å². The van der Waals surface area contributed by atoms with Crippen LogP contribution < -0.4 is 0 Å². The summed E-state index contributed by atoms with van der Waals surface area (Å²) in [6, 6.07) is 0.196. The lowest BCUT2D eigenvalue weighted by molar-refractivity contribution is -0.130. The van der Waals surface area contributed by atoms with Gasteiger partial charge in [0, 0.05) is 7.11 Å². The van der Waals surface area contributed by atoms with Crippen molar-refractivity contribution in [3.8, 4) is 0 Å². The zero-order chi connectivity index (χ0) is 9.84. The van der Waals surface area contributed by atoms with E-state index in [1.54, 1.807) is 12.1 Å². The predicted molar refractivity (Wildman–Crippen MR) is 50.5 cm³/mol. The molecule has 1 unspecified atom stereocenters. The predicted octanol–water partition coefficient (Wildman–Crippen LogP) is 1.02. The Morgan fingerprint density at radius 2 is 2.38 bits per heavy atom. The average Bonchev–Trinajstić information content (AvgIpc) is 2.46. The van der Waals surface area contributed by atoms with Gasteiger partial charge in [0.15, 0.2) is 0 Å². The molecule has 0 aromatic carbocycles. The van der Waals surface area contributed by atoms with E-state index in [0.29, 0.717) is 13.0 Å². The normalized spacial score (nSPS) is 19.2. The number of rotatable bonds is 4. The van der Waals surface area contributed by atoms with Gasteiger partial charge in [-0.15, -0.1) is 0 Å². The highest BCUT2D eigenvalue weighted by Gasteiger charge is 2.26. The Labute approximate surface area is 78.6 Å². The number of hydrogen-bond acceptors (Lipinski definition) is 3. The molecule has 4 nitrogen and oxygen atoms in total. The molecule has 13 heavy (non-hydrogen) atoms. The maximum atomic E-state index is 11.4. The standard InChI is InChI=1S/C9H16N2O2/c1-4-7(2)11-9(12)5-8(10-11)6-13-3/h7H,4-6H2,1-3H3. The summed E-state index contributed by atoms with van der Waals surface area (Å²) >= 11 is 0. The number of ether oxygens (including phenoxy) is 1. The van der Waals surface area contributed by atoms with Crippen molar-refractivity contribution in [2.24, 2.45) is 5.10 Å². The van der Waals surface area contributed by atoms with Gasteiger partial charge in [0.1, 0.15) is 0 Å². The highest BCUT2D eigenvalue weighted by atomic mass is 16.5. The van der Waals surface area contributed by atoms with Crippen LogP contribution in [0.3, 0.4) is 0 Å². The van der Waals surface area contributed by atoms with Crippen LogP contribution >= 0.6 is 0 Å². The third kappa shape index (κ3) is 2.28. The molecule has 1 aliphatic rings. The Bertz CT molecular complexity index is 226. The molecule has 0 radical (unpaired) electrons. The summed E-state index contributed by atoms with van der Waals surface area (Å²) in [7, 11) is 1.61. The van der Waals surface area contributed by atoms with Crippen molar-refractivity contribution in [2.75, 3.05) is 13.7 Å². The zero-order valence-electron chi connectivity index (χ0n) is 8.41. The summed E-state index contributed by atoms with van der Waals surface area (Å²) in [5.41, 5.74) is 0.827. The van der Waals surface area contributed by atoms with Crippen LogP contribution in [0.1, 0.15) is 26.7 Å². The second kappa shape index (κ2) is 4.37. The third-order valence-electron chi connectivity index (χ3n) is 2.18. The van der Waals surface area contributed by atoms with E-state index in [-0.39, 0.29) is 11.9 Å². The number of carbonyl (C=O) groups excluding carboxylic acids is 1. The van der Waals surface area contributed by atoms with Crippen LogP contribution in [-0.4, -0.2) is 36.4 Å². The van der Waals surface area contributed by atoms with Crippen LogP contribution in [0.15, 0.2) is 5.10 Å². The van der Waals surface area contributed by atoms with Crippen LogP contribution in [0.5, 0.6) is 0 Å². The second-order valence-electron chi connectivity index (χ2n) is 3.27. The fourth-order valence-corrected chi connectivity index (χ4v) is 1.26.